The zero-order valence-corrected chi connectivity index (χ0v) is 17.4. The van der Waals surface area contributed by atoms with E-state index in [0.717, 1.165) is 23.1 Å². The van der Waals surface area contributed by atoms with Crippen molar-refractivity contribution in [1.29, 1.82) is 0 Å². The molecule has 0 amide bonds. The van der Waals surface area contributed by atoms with Gasteiger partial charge >= 0.3 is 0 Å². The molecule has 1 unspecified atom stereocenters. The Labute approximate surface area is 160 Å². The van der Waals surface area contributed by atoms with Crippen LogP contribution in [0.5, 0.6) is 0 Å². The highest BCUT2D eigenvalue weighted by molar-refractivity contribution is 7.91. The molecule has 2 heterocycles. The average Bonchev–Trinajstić information content (AvgIpc) is 3.11. The van der Waals surface area contributed by atoms with Crippen molar-refractivity contribution in [2.75, 3.05) is 18.1 Å². The first kappa shape index (κ1) is 19.6. The molecule has 3 rings (SSSR count). The number of thiazole rings is 1. The van der Waals surface area contributed by atoms with Gasteiger partial charge in [0.25, 0.3) is 0 Å². The van der Waals surface area contributed by atoms with E-state index >= 15 is 0 Å². The fourth-order valence-electron chi connectivity index (χ4n) is 3.74. The third-order valence-corrected chi connectivity index (χ3v) is 8.11. The van der Waals surface area contributed by atoms with Gasteiger partial charge < -0.3 is 10.6 Å². The van der Waals surface area contributed by atoms with Gasteiger partial charge in [-0.1, -0.05) is 19.3 Å². The van der Waals surface area contributed by atoms with Crippen molar-refractivity contribution < 1.29 is 8.42 Å². The summed E-state index contributed by atoms with van der Waals surface area (Å²) in [4.78, 5) is 10.4. The SMILES string of the molecule is Cc1nc(C)c(CN=C(NCC2CCS(=O)(=O)C2)NC2CCCCC2)s1. The van der Waals surface area contributed by atoms with E-state index in [1.807, 2.05) is 13.8 Å². The summed E-state index contributed by atoms with van der Waals surface area (Å²) in [5, 5.41) is 8.04. The normalized spacial score (nSPS) is 23.9. The Kier molecular flexibility index (Phi) is 6.55. The van der Waals surface area contributed by atoms with Crippen LogP contribution in [0.2, 0.25) is 0 Å². The fourth-order valence-corrected chi connectivity index (χ4v) is 6.46. The van der Waals surface area contributed by atoms with Crippen molar-refractivity contribution in [2.45, 2.75) is 65.0 Å². The Balaban J connectivity index is 1.62. The van der Waals surface area contributed by atoms with Crippen LogP contribution in [0.3, 0.4) is 0 Å². The summed E-state index contributed by atoms with van der Waals surface area (Å²) in [5.74, 6) is 1.61. The molecule has 1 aliphatic heterocycles. The van der Waals surface area contributed by atoms with Crippen LogP contribution < -0.4 is 10.6 Å². The summed E-state index contributed by atoms with van der Waals surface area (Å²) >= 11 is 1.69. The molecule has 0 radical (unpaired) electrons. The van der Waals surface area contributed by atoms with E-state index in [0.29, 0.717) is 30.6 Å². The Morgan fingerprint density at radius 2 is 2.00 bits per heavy atom. The molecule has 1 saturated carbocycles. The largest absolute Gasteiger partial charge is 0.356 e. The second-order valence-electron chi connectivity index (χ2n) is 7.54. The minimum absolute atomic E-state index is 0.186. The van der Waals surface area contributed by atoms with Crippen LogP contribution in [0, 0.1) is 19.8 Å². The van der Waals surface area contributed by atoms with Crippen molar-refractivity contribution in [2.24, 2.45) is 10.9 Å². The quantitative estimate of drug-likeness (QED) is 0.588. The van der Waals surface area contributed by atoms with E-state index in [1.54, 1.807) is 11.3 Å². The van der Waals surface area contributed by atoms with Crippen molar-refractivity contribution in [1.82, 2.24) is 15.6 Å². The molecule has 1 saturated heterocycles. The topological polar surface area (TPSA) is 83.5 Å². The van der Waals surface area contributed by atoms with Crippen LogP contribution in [0.1, 0.15) is 54.1 Å². The van der Waals surface area contributed by atoms with Gasteiger partial charge in [0.2, 0.25) is 0 Å². The van der Waals surface area contributed by atoms with Crippen molar-refractivity contribution in [3.05, 3.63) is 15.6 Å². The molecule has 2 aliphatic rings. The molecule has 1 aromatic heterocycles. The summed E-state index contributed by atoms with van der Waals surface area (Å²) in [6, 6.07) is 0.464. The van der Waals surface area contributed by atoms with Gasteiger partial charge in [-0.15, -0.1) is 11.3 Å². The second-order valence-corrected chi connectivity index (χ2v) is 11.1. The molecular weight excluding hydrogens is 368 g/mol. The lowest BCUT2D eigenvalue weighted by Gasteiger charge is -2.25. The van der Waals surface area contributed by atoms with Crippen molar-refractivity contribution >= 4 is 27.1 Å². The van der Waals surface area contributed by atoms with Gasteiger partial charge in [0.15, 0.2) is 15.8 Å². The van der Waals surface area contributed by atoms with Crippen LogP contribution in [-0.4, -0.2) is 43.5 Å². The summed E-state index contributed by atoms with van der Waals surface area (Å²) in [6.45, 7) is 5.32. The molecule has 0 spiro atoms. The average molecular weight is 399 g/mol. The molecule has 2 N–H and O–H groups in total. The monoisotopic (exact) mass is 398 g/mol. The van der Waals surface area contributed by atoms with E-state index in [2.05, 4.69) is 15.6 Å². The fraction of sp³-hybridized carbons (Fsp3) is 0.778. The number of hydrogen-bond acceptors (Lipinski definition) is 5. The molecule has 0 bridgehead atoms. The summed E-state index contributed by atoms with van der Waals surface area (Å²) in [6.07, 6.45) is 6.95. The molecule has 1 aromatic rings. The number of aromatic nitrogens is 1. The number of rotatable bonds is 5. The third kappa shape index (κ3) is 5.67. The number of aliphatic imine (C=N–C) groups is 1. The molecule has 8 heteroatoms. The Morgan fingerprint density at radius 3 is 2.62 bits per heavy atom. The van der Waals surface area contributed by atoms with Gasteiger partial charge in [0, 0.05) is 17.5 Å². The second kappa shape index (κ2) is 8.69. The van der Waals surface area contributed by atoms with Gasteiger partial charge in [-0.2, -0.15) is 0 Å². The first-order chi connectivity index (χ1) is 12.4. The molecular formula is C18H30N4O2S2. The summed E-state index contributed by atoms with van der Waals surface area (Å²) in [7, 11) is -2.84. The van der Waals surface area contributed by atoms with Crippen molar-refractivity contribution in [3.8, 4) is 0 Å². The zero-order chi connectivity index (χ0) is 18.6. The van der Waals surface area contributed by atoms with Crippen molar-refractivity contribution in [3.63, 3.8) is 0 Å². The third-order valence-electron chi connectivity index (χ3n) is 5.21. The summed E-state index contributed by atoms with van der Waals surface area (Å²) in [5.41, 5.74) is 1.05. The Hall–Kier alpha value is -1.15. The summed E-state index contributed by atoms with van der Waals surface area (Å²) < 4.78 is 23.3. The molecule has 1 atom stereocenters. The molecule has 26 heavy (non-hydrogen) atoms. The smallest absolute Gasteiger partial charge is 0.191 e. The molecule has 1 aliphatic carbocycles. The van der Waals surface area contributed by atoms with E-state index in [4.69, 9.17) is 4.99 Å². The molecule has 0 aromatic carbocycles. The highest BCUT2D eigenvalue weighted by atomic mass is 32.2. The van der Waals surface area contributed by atoms with Crippen LogP contribution >= 0.6 is 11.3 Å². The van der Waals surface area contributed by atoms with Gasteiger partial charge in [-0.3, -0.25) is 0 Å². The molecule has 6 nitrogen and oxygen atoms in total. The minimum Gasteiger partial charge on any atom is -0.356 e. The van der Waals surface area contributed by atoms with Gasteiger partial charge in [0.05, 0.1) is 28.8 Å². The number of nitrogens with zero attached hydrogens (tertiary/aromatic N) is 2. The highest BCUT2D eigenvalue weighted by Gasteiger charge is 2.28. The standard InChI is InChI=1S/C18H30N4O2S2/c1-13-17(25-14(2)21-13)11-20-18(22-16-6-4-3-5-7-16)19-10-15-8-9-26(23,24)12-15/h15-16H,3-12H2,1-2H3,(H2,19,20,22). The molecule has 2 fully saturated rings. The predicted octanol–water partition coefficient (Wildman–Crippen LogP) is 2.56. The van der Waals surface area contributed by atoms with E-state index in [1.165, 1.54) is 37.0 Å². The lowest BCUT2D eigenvalue weighted by atomic mass is 9.96. The first-order valence-electron chi connectivity index (χ1n) is 9.59. The maximum atomic E-state index is 11.7. The maximum absolute atomic E-state index is 11.7. The highest BCUT2D eigenvalue weighted by Crippen LogP contribution is 2.20. The predicted molar refractivity (Wildman–Crippen MR) is 107 cm³/mol. The zero-order valence-electron chi connectivity index (χ0n) is 15.8. The maximum Gasteiger partial charge on any atom is 0.191 e. The number of aryl methyl sites for hydroxylation is 2. The Morgan fingerprint density at radius 1 is 1.23 bits per heavy atom. The minimum atomic E-state index is -2.84. The number of sulfone groups is 1. The lowest BCUT2D eigenvalue weighted by molar-refractivity contribution is 0.408. The molecule has 146 valence electrons. The van der Waals surface area contributed by atoms with E-state index < -0.39 is 9.84 Å². The van der Waals surface area contributed by atoms with Crippen LogP contribution in [0.25, 0.3) is 0 Å². The van der Waals surface area contributed by atoms with Crippen LogP contribution in [0.4, 0.5) is 0 Å². The van der Waals surface area contributed by atoms with E-state index in [-0.39, 0.29) is 5.92 Å². The lowest BCUT2D eigenvalue weighted by Crippen LogP contribution is -2.45. The van der Waals surface area contributed by atoms with Crippen LogP contribution in [0.15, 0.2) is 4.99 Å². The Bertz CT molecular complexity index is 736. The first-order valence-corrected chi connectivity index (χ1v) is 12.2. The van der Waals surface area contributed by atoms with Gasteiger partial charge in [-0.25, -0.2) is 18.4 Å². The van der Waals surface area contributed by atoms with Gasteiger partial charge in [-0.05, 0) is 39.0 Å². The van der Waals surface area contributed by atoms with E-state index in [9.17, 15) is 8.42 Å². The van der Waals surface area contributed by atoms with Crippen LogP contribution in [-0.2, 0) is 16.4 Å². The van der Waals surface area contributed by atoms with Gasteiger partial charge in [0.1, 0.15) is 0 Å². The number of nitrogens with one attached hydrogen (secondary N) is 2. The number of hydrogen-bond donors (Lipinski definition) is 2. The number of guanidine groups is 1.